The highest BCUT2D eigenvalue weighted by atomic mass is 16.3. The van der Waals surface area contributed by atoms with Gasteiger partial charge in [-0.15, -0.1) is 0 Å². The van der Waals surface area contributed by atoms with Crippen molar-refractivity contribution < 1.29 is 9.52 Å². The van der Waals surface area contributed by atoms with Crippen LogP contribution in [0.15, 0.2) is 47.1 Å². The Labute approximate surface area is 91.2 Å². The van der Waals surface area contributed by atoms with Crippen molar-refractivity contribution in [1.82, 2.24) is 9.97 Å². The van der Waals surface area contributed by atoms with Crippen molar-refractivity contribution in [2.75, 3.05) is 0 Å². The van der Waals surface area contributed by atoms with Gasteiger partial charge in [-0.25, -0.2) is 4.98 Å². The summed E-state index contributed by atoms with van der Waals surface area (Å²) < 4.78 is 5.52. The summed E-state index contributed by atoms with van der Waals surface area (Å²) >= 11 is 0. The molecular weight excluding hydrogens is 204 g/mol. The van der Waals surface area contributed by atoms with E-state index in [1.165, 1.54) is 0 Å². The zero-order valence-electron chi connectivity index (χ0n) is 8.29. The lowest BCUT2D eigenvalue weighted by Crippen LogP contribution is -1.77. The second-order valence-corrected chi connectivity index (χ2v) is 3.41. The maximum atomic E-state index is 9.31. The molecule has 4 nitrogen and oxygen atoms in total. The van der Waals surface area contributed by atoms with Gasteiger partial charge in [0.2, 0.25) is 5.89 Å². The Hall–Kier alpha value is -2.36. The molecule has 2 aromatic heterocycles. The fraction of sp³-hybridized carbons (Fsp3) is 0. The van der Waals surface area contributed by atoms with Gasteiger partial charge < -0.3 is 9.52 Å². The fourth-order valence-electron chi connectivity index (χ4n) is 1.53. The molecule has 0 radical (unpaired) electrons. The van der Waals surface area contributed by atoms with E-state index >= 15 is 0 Å². The lowest BCUT2D eigenvalue weighted by molar-refractivity contribution is 0.474. The average Bonchev–Trinajstić information content (AvgIpc) is 2.73. The number of hydrogen-bond acceptors (Lipinski definition) is 4. The van der Waals surface area contributed by atoms with Crippen molar-refractivity contribution >= 4 is 11.1 Å². The molecular formula is C12H8N2O2. The molecule has 78 valence electrons. The Morgan fingerprint density at radius 3 is 2.94 bits per heavy atom. The molecule has 1 N–H and O–H groups in total. The molecule has 0 fully saturated rings. The van der Waals surface area contributed by atoms with Crippen LogP contribution in [0.1, 0.15) is 0 Å². The topological polar surface area (TPSA) is 59.2 Å². The van der Waals surface area contributed by atoms with Crippen LogP contribution in [0, 0.1) is 0 Å². The molecule has 0 aliphatic carbocycles. The van der Waals surface area contributed by atoms with Gasteiger partial charge in [0.25, 0.3) is 0 Å². The van der Waals surface area contributed by atoms with Crippen molar-refractivity contribution in [3.63, 3.8) is 0 Å². The zero-order valence-corrected chi connectivity index (χ0v) is 8.29. The number of nitrogens with zero attached hydrogens (tertiary/aromatic N) is 2. The number of benzene rings is 1. The molecule has 4 heteroatoms. The minimum atomic E-state index is 0.168. The standard InChI is InChI=1S/C12H8N2O2/c15-9-3-4-10-11(6-9)16-12(14-10)8-2-1-5-13-7-8/h1-7,15H. The molecule has 2 heterocycles. The summed E-state index contributed by atoms with van der Waals surface area (Å²) in [5.74, 6) is 0.676. The predicted molar refractivity (Wildman–Crippen MR) is 58.9 cm³/mol. The van der Waals surface area contributed by atoms with E-state index < -0.39 is 0 Å². The van der Waals surface area contributed by atoms with Crippen molar-refractivity contribution in [3.05, 3.63) is 42.7 Å². The highest BCUT2D eigenvalue weighted by Gasteiger charge is 2.08. The normalized spacial score (nSPS) is 10.8. The summed E-state index contributed by atoms with van der Waals surface area (Å²) in [7, 11) is 0. The SMILES string of the molecule is Oc1ccc2nc(-c3cccnc3)oc2c1. The Morgan fingerprint density at radius 1 is 1.19 bits per heavy atom. The minimum Gasteiger partial charge on any atom is -0.508 e. The number of oxazole rings is 1. The number of rotatable bonds is 1. The molecule has 0 saturated carbocycles. The maximum Gasteiger partial charge on any atom is 0.228 e. The first-order valence-electron chi connectivity index (χ1n) is 4.83. The molecule has 0 aliphatic heterocycles. The first-order valence-corrected chi connectivity index (χ1v) is 4.83. The van der Waals surface area contributed by atoms with Crippen LogP contribution < -0.4 is 0 Å². The fourth-order valence-corrected chi connectivity index (χ4v) is 1.53. The largest absolute Gasteiger partial charge is 0.508 e. The highest BCUT2D eigenvalue weighted by molar-refractivity contribution is 5.77. The van der Waals surface area contributed by atoms with Gasteiger partial charge in [-0.05, 0) is 24.3 Å². The molecule has 0 bridgehead atoms. The maximum absolute atomic E-state index is 9.31. The number of fused-ring (bicyclic) bond motifs is 1. The summed E-state index contributed by atoms with van der Waals surface area (Å²) in [5.41, 5.74) is 2.11. The smallest absolute Gasteiger partial charge is 0.228 e. The summed E-state index contributed by atoms with van der Waals surface area (Å²) in [6.07, 6.45) is 3.38. The van der Waals surface area contributed by atoms with Crippen LogP contribution in [0.25, 0.3) is 22.6 Å². The first-order chi connectivity index (χ1) is 7.83. The number of hydrogen-bond donors (Lipinski definition) is 1. The third-order valence-electron chi connectivity index (χ3n) is 2.28. The van der Waals surface area contributed by atoms with Crippen LogP contribution >= 0.6 is 0 Å². The molecule has 1 aromatic carbocycles. The molecule has 3 rings (SSSR count). The number of aromatic hydroxyl groups is 1. The average molecular weight is 212 g/mol. The van der Waals surface area contributed by atoms with Gasteiger partial charge in [0, 0.05) is 18.5 Å². The first kappa shape index (κ1) is 8.91. The number of phenols is 1. The van der Waals surface area contributed by atoms with E-state index in [0.717, 1.165) is 11.1 Å². The number of aromatic nitrogens is 2. The summed E-state index contributed by atoms with van der Waals surface area (Å²) in [6, 6.07) is 8.54. The Kier molecular flexibility index (Phi) is 1.86. The third kappa shape index (κ3) is 1.40. The predicted octanol–water partition coefficient (Wildman–Crippen LogP) is 2.60. The number of pyridine rings is 1. The van der Waals surface area contributed by atoms with Crippen molar-refractivity contribution in [3.8, 4) is 17.2 Å². The molecule has 0 atom stereocenters. The molecule has 0 saturated heterocycles. The molecule has 16 heavy (non-hydrogen) atoms. The van der Waals surface area contributed by atoms with Gasteiger partial charge in [-0.1, -0.05) is 0 Å². The van der Waals surface area contributed by atoms with Crippen LogP contribution in [0.5, 0.6) is 5.75 Å². The van der Waals surface area contributed by atoms with Gasteiger partial charge in [0.1, 0.15) is 11.3 Å². The van der Waals surface area contributed by atoms with Gasteiger partial charge in [0.05, 0.1) is 5.56 Å². The Morgan fingerprint density at radius 2 is 2.12 bits per heavy atom. The Bertz CT molecular complexity index is 632. The van der Waals surface area contributed by atoms with Crippen LogP contribution in [0.4, 0.5) is 0 Å². The Balaban J connectivity index is 2.19. The van der Waals surface area contributed by atoms with E-state index in [1.807, 2.05) is 12.1 Å². The summed E-state index contributed by atoms with van der Waals surface area (Å²) in [6.45, 7) is 0. The van der Waals surface area contributed by atoms with E-state index in [9.17, 15) is 5.11 Å². The molecule has 3 aromatic rings. The monoisotopic (exact) mass is 212 g/mol. The van der Waals surface area contributed by atoms with E-state index in [2.05, 4.69) is 9.97 Å². The lowest BCUT2D eigenvalue weighted by Gasteiger charge is -1.91. The lowest BCUT2D eigenvalue weighted by atomic mass is 10.3. The minimum absolute atomic E-state index is 0.168. The van der Waals surface area contributed by atoms with Crippen molar-refractivity contribution in [2.45, 2.75) is 0 Å². The van der Waals surface area contributed by atoms with Gasteiger partial charge in [0.15, 0.2) is 5.58 Å². The van der Waals surface area contributed by atoms with E-state index in [-0.39, 0.29) is 5.75 Å². The summed E-state index contributed by atoms with van der Waals surface area (Å²) in [5, 5.41) is 9.31. The molecule has 0 amide bonds. The molecule has 0 spiro atoms. The van der Waals surface area contributed by atoms with Crippen LogP contribution in [0.2, 0.25) is 0 Å². The van der Waals surface area contributed by atoms with Gasteiger partial charge in [-0.2, -0.15) is 0 Å². The zero-order chi connectivity index (χ0) is 11.0. The second-order valence-electron chi connectivity index (χ2n) is 3.41. The van der Waals surface area contributed by atoms with Crippen LogP contribution in [-0.4, -0.2) is 15.1 Å². The van der Waals surface area contributed by atoms with E-state index in [1.54, 1.807) is 30.6 Å². The van der Waals surface area contributed by atoms with Crippen LogP contribution in [0.3, 0.4) is 0 Å². The van der Waals surface area contributed by atoms with E-state index in [0.29, 0.717) is 11.5 Å². The van der Waals surface area contributed by atoms with Gasteiger partial charge in [-0.3, -0.25) is 4.98 Å². The highest BCUT2D eigenvalue weighted by Crippen LogP contribution is 2.25. The van der Waals surface area contributed by atoms with Crippen LogP contribution in [-0.2, 0) is 0 Å². The van der Waals surface area contributed by atoms with Gasteiger partial charge >= 0.3 is 0 Å². The molecule has 0 aliphatic rings. The summed E-state index contributed by atoms with van der Waals surface area (Å²) in [4.78, 5) is 8.31. The quantitative estimate of drug-likeness (QED) is 0.673. The molecule has 0 unspecified atom stereocenters. The second kappa shape index (κ2) is 3.34. The van der Waals surface area contributed by atoms with Crippen molar-refractivity contribution in [1.29, 1.82) is 0 Å². The number of phenolic OH excluding ortho intramolecular Hbond substituents is 1. The van der Waals surface area contributed by atoms with Crippen molar-refractivity contribution in [2.24, 2.45) is 0 Å². The van der Waals surface area contributed by atoms with E-state index in [4.69, 9.17) is 4.42 Å². The third-order valence-corrected chi connectivity index (χ3v) is 2.28.